The van der Waals surface area contributed by atoms with Crippen molar-refractivity contribution < 1.29 is 26.3 Å². The first kappa shape index (κ1) is 44.1. The molecule has 12 aromatic rings. The van der Waals surface area contributed by atoms with Crippen molar-refractivity contribution in [3.63, 3.8) is 0 Å². The Labute approximate surface area is 409 Å². The lowest BCUT2D eigenvalue weighted by Gasteiger charge is -2.20. The van der Waals surface area contributed by atoms with Gasteiger partial charge in [0.1, 0.15) is 11.6 Å². The van der Waals surface area contributed by atoms with Gasteiger partial charge in [-0.2, -0.15) is 31.6 Å². The fraction of sp³-hybridized carbons (Fsp3) is 0.0317. The van der Waals surface area contributed by atoms with Crippen molar-refractivity contribution >= 4 is 43.6 Å². The van der Waals surface area contributed by atoms with Crippen LogP contribution in [0.5, 0.6) is 0 Å². The highest BCUT2D eigenvalue weighted by molar-refractivity contribution is 6.13. The fourth-order valence-electron chi connectivity index (χ4n) is 10.2. The van der Waals surface area contributed by atoms with E-state index in [1.807, 2.05) is 203 Å². The van der Waals surface area contributed by atoms with Crippen molar-refractivity contribution in [1.29, 1.82) is 5.26 Å². The second-order valence-corrected chi connectivity index (χ2v) is 17.9. The molecule has 0 saturated heterocycles. The van der Waals surface area contributed by atoms with E-state index in [-0.39, 0.29) is 34.1 Å². The van der Waals surface area contributed by atoms with Gasteiger partial charge in [0.25, 0.3) is 0 Å². The topological polar surface area (TPSA) is 33.6 Å². The van der Waals surface area contributed by atoms with Crippen LogP contribution < -0.4 is 0 Å². The van der Waals surface area contributed by atoms with Crippen LogP contribution in [-0.2, 0) is 12.4 Å². The minimum atomic E-state index is -5.11. The molecule has 0 unspecified atom stereocenters. The summed E-state index contributed by atoms with van der Waals surface area (Å²) in [4.78, 5) is 0. The molecule has 0 aliphatic heterocycles. The Morgan fingerprint density at radius 1 is 0.292 bits per heavy atom. The molecule has 0 N–H and O–H groups in total. The molecule has 0 saturated carbocycles. The Kier molecular flexibility index (Phi) is 10.5. The van der Waals surface area contributed by atoms with Gasteiger partial charge in [0.05, 0.1) is 44.6 Å². The molecule has 0 spiro atoms. The molecule has 0 amide bonds. The molecule has 2 aromatic heterocycles. The molecule has 2 heterocycles. The van der Waals surface area contributed by atoms with Crippen LogP contribution in [0.25, 0.3) is 111 Å². The Morgan fingerprint density at radius 3 is 0.833 bits per heavy atom. The number of fused-ring (bicyclic) bond motifs is 6. The van der Waals surface area contributed by atoms with Crippen molar-refractivity contribution in [2.45, 2.75) is 12.4 Å². The summed E-state index contributed by atoms with van der Waals surface area (Å²) >= 11 is 0. The summed E-state index contributed by atoms with van der Waals surface area (Å²) in [6.45, 7) is 0. The molecule has 346 valence electrons. The largest absolute Gasteiger partial charge is 0.416 e. The quantitative estimate of drug-likeness (QED) is 0.147. The zero-order chi connectivity index (χ0) is 49.3. The zero-order valence-electron chi connectivity index (χ0n) is 38.0. The van der Waals surface area contributed by atoms with Gasteiger partial charge >= 0.3 is 12.4 Å². The average molecular weight is 950 g/mol. The van der Waals surface area contributed by atoms with Gasteiger partial charge in [0.15, 0.2) is 0 Å². The van der Waals surface area contributed by atoms with Crippen molar-refractivity contribution in [1.82, 2.24) is 9.13 Å². The number of nitrogens with zero attached hydrogens (tertiary/aromatic N) is 3. The molecule has 9 heteroatoms. The van der Waals surface area contributed by atoms with Crippen LogP contribution in [0.3, 0.4) is 0 Å². The predicted molar refractivity (Wildman–Crippen MR) is 277 cm³/mol. The molecule has 3 nitrogen and oxygen atoms in total. The maximum absolute atomic E-state index is 14.8. The fourth-order valence-corrected chi connectivity index (χ4v) is 10.2. The van der Waals surface area contributed by atoms with Gasteiger partial charge in [-0.3, -0.25) is 0 Å². The highest BCUT2D eigenvalue weighted by Gasteiger charge is 2.37. The first-order valence-electron chi connectivity index (χ1n) is 23.2. The van der Waals surface area contributed by atoms with E-state index in [4.69, 9.17) is 0 Å². The lowest BCUT2D eigenvalue weighted by atomic mass is 9.96. The average Bonchev–Trinajstić information content (AvgIpc) is 3.91. The molecular formula is C63H37F6N3. The van der Waals surface area contributed by atoms with E-state index in [1.165, 1.54) is 0 Å². The summed E-state index contributed by atoms with van der Waals surface area (Å²) in [5.74, 6) is 0. The molecule has 0 aliphatic rings. The van der Waals surface area contributed by atoms with Crippen LogP contribution in [-0.4, -0.2) is 9.13 Å². The van der Waals surface area contributed by atoms with Gasteiger partial charge in [-0.15, -0.1) is 0 Å². The number of alkyl halides is 6. The summed E-state index contributed by atoms with van der Waals surface area (Å²) in [6, 6.07) is 70.6. The van der Waals surface area contributed by atoms with Gasteiger partial charge in [-0.05, 0) is 110 Å². The second kappa shape index (κ2) is 17.1. The van der Waals surface area contributed by atoms with E-state index in [0.29, 0.717) is 22.1 Å². The lowest BCUT2D eigenvalue weighted by Crippen LogP contribution is -2.11. The van der Waals surface area contributed by atoms with E-state index in [2.05, 4.69) is 6.07 Å². The SMILES string of the molecule is N#Cc1c(-n2c3cc(-c4ccccc4)ccc3c3ccc(-c4ccccc4)cc32)cc(-c2cc(C(F)(F)F)cc(C(F)(F)F)c2)cc1-n1c2cc(-c3ccccc3)ccc2c2ccc(-c3ccccc3)cc21. The van der Waals surface area contributed by atoms with E-state index in [0.717, 1.165) is 78.2 Å². The maximum Gasteiger partial charge on any atom is 0.416 e. The van der Waals surface area contributed by atoms with Crippen LogP contribution >= 0.6 is 0 Å². The standard InChI is InChI=1S/C63H37F6N3/c64-62(65,66)49-29-47(30-50(37-49)63(67,68)69)48-35-60(71-56-31-43(39-13-5-1-6-14-39)21-25-51(56)52-26-22-44(32-57(52)71)40-15-7-2-8-16-40)55(38-70)61(36-48)72-58-33-45(41-17-9-3-10-18-41)23-27-53(58)54-28-24-46(34-59(54)72)42-19-11-4-12-20-42/h1-37H. The third-order valence-corrected chi connectivity index (χ3v) is 13.6. The number of halogens is 6. The van der Waals surface area contributed by atoms with Crippen LogP contribution in [0.4, 0.5) is 26.3 Å². The van der Waals surface area contributed by atoms with Gasteiger partial charge in [0, 0.05) is 21.5 Å². The Morgan fingerprint density at radius 2 is 0.569 bits per heavy atom. The van der Waals surface area contributed by atoms with Gasteiger partial charge < -0.3 is 9.13 Å². The van der Waals surface area contributed by atoms with Crippen molar-refractivity contribution in [3.05, 3.63) is 241 Å². The smallest absolute Gasteiger partial charge is 0.308 e. The van der Waals surface area contributed by atoms with E-state index >= 15 is 0 Å². The number of hydrogen-bond donors (Lipinski definition) is 0. The van der Waals surface area contributed by atoms with Crippen LogP contribution in [0.15, 0.2) is 224 Å². The molecule has 0 fully saturated rings. The van der Waals surface area contributed by atoms with E-state index in [9.17, 15) is 31.6 Å². The van der Waals surface area contributed by atoms with Crippen molar-refractivity contribution in [2.75, 3.05) is 0 Å². The molecular weight excluding hydrogens is 913 g/mol. The minimum absolute atomic E-state index is 0.0393. The van der Waals surface area contributed by atoms with Crippen LogP contribution in [0.1, 0.15) is 16.7 Å². The normalized spacial score (nSPS) is 12.0. The zero-order valence-corrected chi connectivity index (χ0v) is 38.0. The Balaban J connectivity index is 1.26. The molecule has 10 aromatic carbocycles. The van der Waals surface area contributed by atoms with Gasteiger partial charge in [-0.25, -0.2) is 0 Å². The first-order valence-corrected chi connectivity index (χ1v) is 23.2. The van der Waals surface area contributed by atoms with Crippen molar-refractivity contribution in [2.24, 2.45) is 0 Å². The van der Waals surface area contributed by atoms with Gasteiger partial charge in [-0.1, -0.05) is 170 Å². The summed E-state index contributed by atoms with van der Waals surface area (Å²) in [7, 11) is 0. The molecule has 0 bridgehead atoms. The summed E-state index contributed by atoms with van der Waals surface area (Å²) in [6.07, 6.45) is -10.2. The second-order valence-electron chi connectivity index (χ2n) is 17.9. The molecule has 0 radical (unpaired) electrons. The third kappa shape index (κ3) is 7.65. The monoisotopic (exact) mass is 949 g/mol. The van der Waals surface area contributed by atoms with Crippen molar-refractivity contribution in [3.8, 4) is 73.1 Å². The highest BCUT2D eigenvalue weighted by Crippen LogP contribution is 2.45. The first-order chi connectivity index (χ1) is 34.9. The number of aromatic nitrogens is 2. The third-order valence-electron chi connectivity index (χ3n) is 13.6. The summed E-state index contributed by atoms with van der Waals surface area (Å²) in [5.41, 5.74) is 7.34. The Hall–Kier alpha value is -9.13. The van der Waals surface area contributed by atoms with Gasteiger partial charge in [0.2, 0.25) is 0 Å². The molecule has 0 atom stereocenters. The number of benzene rings is 10. The Bertz CT molecular complexity index is 3660. The number of nitriles is 1. The number of hydrogen-bond acceptors (Lipinski definition) is 1. The summed E-state index contributed by atoms with van der Waals surface area (Å²) in [5, 5.41) is 15.1. The predicted octanol–water partition coefficient (Wildman–Crippen LogP) is 18.1. The van der Waals surface area contributed by atoms with Crippen LogP contribution in [0, 0.1) is 11.3 Å². The molecule has 0 aliphatic carbocycles. The maximum atomic E-state index is 14.8. The number of rotatable bonds is 7. The lowest BCUT2D eigenvalue weighted by molar-refractivity contribution is -0.143. The molecule has 72 heavy (non-hydrogen) atoms. The van der Waals surface area contributed by atoms with E-state index < -0.39 is 23.5 Å². The van der Waals surface area contributed by atoms with Crippen LogP contribution in [0.2, 0.25) is 0 Å². The highest BCUT2D eigenvalue weighted by atomic mass is 19.4. The summed E-state index contributed by atoms with van der Waals surface area (Å²) < 4.78 is 92.5. The minimum Gasteiger partial charge on any atom is -0.308 e. The van der Waals surface area contributed by atoms with E-state index in [1.54, 1.807) is 12.1 Å². The molecule has 12 rings (SSSR count).